The second kappa shape index (κ2) is 9.62. The van der Waals surface area contributed by atoms with Crippen molar-refractivity contribution in [2.24, 2.45) is 0 Å². The van der Waals surface area contributed by atoms with Gasteiger partial charge in [0.05, 0.1) is 12.2 Å². The molecule has 1 unspecified atom stereocenters. The molecular weight excluding hydrogens is 361 g/mol. The summed E-state index contributed by atoms with van der Waals surface area (Å²) in [6, 6.07) is 5.77. The van der Waals surface area contributed by atoms with Crippen molar-refractivity contribution in [3.05, 3.63) is 28.8 Å². The zero-order valence-electron chi connectivity index (χ0n) is 14.7. The first-order valence-corrected chi connectivity index (χ1v) is 9.23. The van der Waals surface area contributed by atoms with Crippen molar-refractivity contribution in [2.75, 3.05) is 45.9 Å². The van der Waals surface area contributed by atoms with Crippen molar-refractivity contribution in [2.45, 2.75) is 25.8 Å². The minimum absolute atomic E-state index is 0. The summed E-state index contributed by atoms with van der Waals surface area (Å²) in [5, 5.41) is 3.95. The lowest BCUT2D eigenvalue weighted by Gasteiger charge is -2.32. The van der Waals surface area contributed by atoms with Crippen molar-refractivity contribution in [1.82, 2.24) is 15.1 Å². The van der Waals surface area contributed by atoms with E-state index in [9.17, 15) is 4.79 Å². The molecule has 2 aliphatic heterocycles. The summed E-state index contributed by atoms with van der Waals surface area (Å²) in [7, 11) is 0. The molecule has 25 heavy (non-hydrogen) atoms. The second-order valence-corrected chi connectivity index (χ2v) is 6.91. The molecule has 2 saturated heterocycles. The molecule has 0 aromatic heterocycles. The van der Waals surface area contributed by atoms with Gasteiger partial charge in [0, 0.05) is 50.3 Å². The quantitative estimate of drug-likeness (QED) is 0.843. The highest BCUT2D eigenvalue weighted by Gasteiger charge is 2.32. The Labute approximate surface area is 161 Å². The van der Waals surface area contributed by atoms with E-state index in [4.69, 9.17) is 16.3 Å². The molecule has 7 heteroatoms. The number of likely N-dealkylation sites (tertiary alicyclic amines) is 1. The maximum Gasteiger partial charge on any atom is 0.257 e. The van der Waals surface area contributed by atoms with E-state index in [1.54, 1.807) is 18.2 Å². The SMILES string of the molecule is CCCOc1ccc(Cl)cc1C(=O)N1CCC(N2CCNCC2)C1.Cl. The molecule has 0 bridgehead atoms. The van der Waals surface area contributed by atoms with Crippen LogP contribution >= 0.6 is 24.0 Å². The van der Waals surface area contributed by atoms with E-state index in [0.717, 1.165) is 52.1 Å². The van der Waals surface area contributed by atoms with Crippen LogP contribution in [0.3, 0.4) is 0 Å². The number of carbonyl (C=O) groups is 1. The minimum atomic E-state index is 0. The van der Waals surface area contributed by atoms with Crippen LogP contribution in [0.15, 0.2) is 18.2 Å². The van der Waals surface area contributed by atoms with E-state index in [0.29, 0.717) is 29.0 Å². The molecule has 0 aliphatic carbocycles. The largest absolute Gasteiger partial charge is 0.493 e. The summed E-state index contributed by atoms with van der Waals surface area (Å²) < 4.78 is 5.74. The highest BCUT2D eigenvalue weighted by Crippen LogP contribution is 2.27. The Kier molecular flexibility index (Phi) is 7.81. The van der Waals surface area contributed by atoms with E-state index < -0.39 is 0 Å². The van der Waals surface area contributed by atoms with Gasteiger partial charge in [-0.2, -0.15) is 0 Å². The lowest BCUT2D eigenvalue weighted by molar-refractivity contribution is 0.0769. The molecule has 3 rings (SSSR count). The Balaban J connectivity index is 0.00000225. The minimum Gasteiger partial charge on any atom is -0.493 e. The predicted octanol–water partition coefficient (Wildman–Crippen LogP) is 2.67. The van der Waals surface area contributed by atoms with Crippen LogP contribution < -0.4 is 10.1 Å². The smallest absolute Gasteiger partial charge is 0.257 e. The number of amides is 1. The average molecular weight is 388 g/mol. The van der Waals surface area contributed by atoms with Gasteiger partial charge in [-0.3, -0.25) is 9.69 Å². The van der Waals surface area contributed by atoms with E-state index in [-0.39, 0.29) is 18.3 Å². The summed E-state index contributed by atoms with van der Waals surface area (Å²) >= 11 is 6.11. The van der Waals surface area contributed by atoms with Gasteiger partial charge in [-0.1, -0.05) is 18.5 Å². The lowest BCUT2D eigenvalue weighted by atomic mass is 10.1. The van der Waals surface area contributed by atoms with Gasteiger partial charge in [-0.25, -0.2) is 0 Å². The third-order valence-corrected chi connectivity index (χ3v) is 4.99. The van der Waals surface area contributed by atoms with Crippen LogP contribution in [0.1, 0.15) is 30.1 Å². The van der Waals surface area contributed by atoms with Crippen LogP contribution in [0.5, 0.6) is 5.75 Å². The van der Waals surface area contributed by atoms with Gasteiger partial charge >= 0.3 is 0 Å². The summed E-state index contributed by atoms with van der Waals surface area (Å²) in [4.78, 5) is 17.4. The molecule has 2 aliphatic rings. The van der Waals surface area contributed by atoms with Crippen molar-refractivity contribution >= 4 is 29.9 Å². The van der Waals surface area contributed by atoms with Gasteiger partial charge < -0.3 is 15.0 Å². The number of rotatable bonds is 5. The van der Waals surface area contributed by atoms with Gasteiger partial charge in [0.15, 0.2) is 0 Å². The molecule has 1 atom stereocenters. The fraction of sp³-hybridized carbons (Fsp3) is 0.611. The number of nitrogens with one attached hydrogen (secondary N) is 1. The Morgan fingerprint density at radius 2 is 2.08 bits per heavy atom. The van der Waals surface area contributed by atoms with Crippen molar-refractivity contribution in [1.29, 1.82) is 0 Å². The summed E-state index contributed by atoms with van der Waals surface area (Å²) in [6.45, 7) is 8.44. The highest BCUT2D eigenvalue weighted by atomic mass is 35.5. The highest BCUT2D eigenvalue weighted by molar-refractivity contribution is 6.31. The van der Waals surface area contributed by atoms with Crippen LogP contribution in [0.2, 0.25) is 5.02 Å². The molecular formula is C18H27Cl2N3O2. The summed E-state index contributed by atoms with van der Waals surface area (Å²) in [5.41, 5.74) is 0.580. The molecule has 1 aromatic rings. The molecule has 2 heterocycles. The topological polar surface area (TPSA) is 44.8 Å². The second-order valence-electron chi connectivity index (χ2n) is 6.47. The Hall–Kier alpha value is -1.01. The van der Waals surface area contributed by atoms with Crippen molar-refractivity contribution in [3.63, 3.8) is 0 Å². The van der Waals surface area contributed by atoms with Crippen LogP contribution in [-0.4, -0.2) is 67.6 Å². The summed E-state index contributed by atoms with van der Waals surface area (Å²) in [5.74, 6) is 0.665. The number of piperazine rings is 1. The first kappa shape index (κ1) is 20.3. The average Bonchev–Trinajstić information content (AvgIpc) is 3.11. The molecule has 0 spiro atoms. The number of halogens is 2. The maximum atomic E-state index is 13.0. The van der Waals surface area contributed by atoms with Crippen LogP contribution in [-0.2, 0) is 0 Å². The van der Waals surface area contributed by atoms with Crippen LogP contribution in [0.25, 0.3) is 0 Å². The van der Waals surface area contributed by atoms with Gasteiger partial charge in [0.1, 0.15) is 5.75 Å². The fourth-order valence-electron chi connectivity index (χ4n) is 3.45. The normalized spacial score (nSPS) is 21.0. The monoisotopic (exact) mass is 387 g/mol. The fourth-order valence-corrected chi connectivity index (χ4v) is 3.62. The Morgan fingerprint density at radius 3 is 2.80 bits per heavy atom. The zero-order chi connectivity index (χ0) is 16.9. The van der Waals surface area contributed by atoms with Crippen LogP contribution in [0, 0.1) is 0 Å². The molecule has 1 N–H and O–H groups in total. The zero-order valence-corrected chi connectivity index (χ0v) is 16.2. The van der Waals surface area contributed by atoms with Gasteiger partial charge in [-0.05, 0) is 31.0 Å². The number of nitrogens with zero attached hydrogens (tertiary/aromatic N) is 2. The standard InChI is InChI=1S/C18H26ClN3O2.ClH/c1-2-11-24-17-4-3-14(19)12-16(17)18(23)22-8-5-15(13-22)21-9-6-20-7-10-21;/h3-4,12,15,20H,2,5-11,13H2,1H3;1H. The molecule has 2 fully saturated rings. The number of hydrogen-bond acceptors (Lipinski definition) is 4. The summed E-state index contributed by atoms with van der Waals surface area (Å²) in [6.07, 6.45) is 1.95. The lowest BCUT2D eigenvalue weighted by Crippen LogP contribution is -2.49. The first-order valence-electron chi connectivity index (χ1n) is 8.85. The third kappa shape index (κ3) is 5.00. The Morgan fingerprint density at radius 1 is 1.32 bits per heavy atom. The van der Waals surface area contributed by atoms with Gasteiger partial charge in [0.25, 0.3) is 5.91 Å². The predicted molar refractivity (Wildman–Crippen MR) is 103 cm³/mol. The molecule has 0 radical (unpaired) electrons. The molecule has 1 amide bonds. The van der Waals surface area contributed by atoms with Crippen molar-refractivity contribution < 1.29 is 9.53 Å². The number of benzene rings is 1. The van der Waals surface area contributed by atoms with Gasteiger partial charge in [0.2, 0.25) is 0 Å². The Bertz CT molecular complexity index is 579. The number of hydrogen-bond donors (Lipinski definition) is 1. The van der Waals surface area contributed by atoms with Crippen molar-refractivity contribution in [3.8, 4) is 5.75 Å². The van der Waals surface area contributed by atoms with Crippen LogP contribution in [0.4, 0.5) is 0 Å². The number of ether oxygens (including phenoxy) is 1. The molecule has 0 saturated carbocycles. The first-order chi connectivity index (χ1) is 11.7. The molecule has 1 aromatic carbocycles. The maximum absolute atomic E-state index is 13.0. The van der Waals surface area contributed by atoms with E-state index in [1.165, 1.54) is 0 Å². The van der Waals surface area contributed by atoms with E-state index in [2.05, 4.69) is 17.1 Å². The number of carbonyl (C=O) groups excluding carboxylic acids is 1. The van der Waals surface area contributed by atoms with E-state index in [1.807, 2.05) is 4.90 Å². The third-order valence-electron chi connectivity index (χ3n) is 4.75. The molecule has 5 nitrogen and oxygen atoms in total. The van der Waals surface area contributed by atoms with Gasteiger partial charge in [-0.15, -0.1) is 12.4 Å². The van der Waals surface area contributed by atoms with E-state index >= 15 is 0 Å². The molecule has 140 valence electrons.